The lowest BCUT2D eigenvalue weighted by atomic mass is 9.74. The molecule has 2 saturated heterocycles. The van der Waals surface area contributed by atoms with E-state index in [9.17, 15) is 4.39 Å². The van der Waals surface area contributed by atoms with E-state index in [2.05, 4.69) is 20.5 Å². The molecule has 3 aromatic rings. The summed E-state index contributed by atoms with van der Waals surface area (Å²) in [5.74, 6) is 0.346. The Morgan fingerprint density at radius 3 is 2.68 bits per heavy atom. The fraction of sp³-hybridized carbons (Fsp3) is 0.304. The van der Waals surface area contributed by atoms with Crippen molar-refractivity contribution in [3.63, 3.8) is 0 Å². The molecule has 1 aromatic carbocycles. The van der Waals surface area contributed by atoms with E-state index in [1.165, 1.54) is 18.5 Å². The highest BCUT2D eigenvalue weighted by atomic mass is 35.5. The number of nitrogens with zero attached hydrogens (tertiary/aromatic N) is 4. The summed E-state index contributed by atoms with van der Waals surface area (Å²) in [6.45, 7) is 5.38. The third kappa shape index (κ3) is 4.04. The molecule has 11 heteroatoms. The number of nitrogens with one attached hydrogen (secondary N) is 2. The lowest BCUT2D eigenvalue weighted by Gasteiger charge is -2.56. The first-order valence-corrected chi connectivity index (χ1v) is 11.4. The van der Waals surface area contributed by atoms with Gasteiger partial charge in [-0.25, -0.2) is 9.37 Å². The molecule has 2 aliphatic rings. The molecule has 1 spiro atoms. The number of nitrogen functional groups attached to an aromatic ring is 1. The third-order valence-corrected chi connectivity index (χ3v) is 6.93. The molecule has 0 bridgehead atoms. The highest BCUT2D eigenvalue weighted by molar-refractivity contribution is 6.35. The average molecular weight is 502 g/mol. The van der Waals surface area contributed by atoms with E-state index in [0.717, 1.165) is 31.7 Å². The first-order valence-electron chi connectivity index (χ1n) is 10.7. The molecule has 0 aliphatic carbocycles. The minimum absolute atomic E-state index is 0.0465. The van der Waals surface area contributed by atoms with E-state index in [0.29, 0.717) is 39.0 Å². The second-order valence-electron chi connectivity index (χ2n) is 8.82. The maximum atomic E-state index is 14.9. The van der Waals surface area contributed by atoms with Gasteiger partial charge in [-0.2, -0.15) is 5.10 Å². The number of hydrogen-bond acceptors (Lipinski definition) is 8. The maximum absolute atomic E-state index is 14.9. The molecular weight excluding hydrogens is 480 g/mol. The molecule has 8 nitrogen and oxygen atoms in total. The topological polar surface area (TPSA) is 113 Å². The second kappa shape index (κ2) is 8.65. The molecule has 2 aliphatic heterocycles. The van der Waals surface area contributed by atoms with E-state index in [1.807, 2.05) is 11.8 Å². The number of benzene rings is 1. The Hall–Kier alpha value is -3.01. The summed E-state index contributed by atoms with van der Waals surface area (Å²) in [5, 5.41) is 19.9. The molecule has 0 amide bonds. The van der Waals surface area contributed by atoms with Crippen molar-refractivity contribution in [1.29, 1.82) is 5.41 Å². The smallest absolute Gasteiger partial charge is 0.166 e. The van der Waals surface area contributed by atoms with Crippen LogP contribution in [0.1, 0.15) is 22.3 Å². The van der Waals surface area contributed by atoms with Crippen LogP contribution in [0.4, 0.5) is 15.9 Å². The van der Waals surface area contributed by atoms with Crippen LogP contribution in [0.3, 0.4) is 0 Å². The largest absolute Gasteiger partial charge is 0.488 e. The molecular formula is C23H22Cl2FN7O. The number of aryl methyl sites for hydroxylation is 1. The van der Waals surface area contributed by atoms with Gasteiger partial charge in [-0.3, -0.25) is 5.41 Å². The minimum atomic E-state index is -0.457. The number of halogens is 3. The molecule has 2 fully saturated rings. The molecule has 176 valence electrons. The molecule has 0 saturated carbocycles. The Bertz CT molecular complexity index is 1270. The van der Waals surface area contributed by atoms with E-state index in [-0.39, 0.29) is 22.9 Å². The van der Waals surface area contributed by atoms with Crippen molar-refractivity contribution in [2.24, 2.45) is 5.41 Å². The normalized spacial score (nSPS) is 16.2. The van der Waals surface area contributed by atoms with Crippen LogP contribution in [-0.4, -0.2) is 47.1 Å². The highest BCUT2D eigenvalue weighted by Crippen LogP contribution is 2.38. The lowest BCUT2D eigenvalue weighted by molar-refractivity contribution is 0.119. The number of anilines is 2. The van der Waals surface area contributed by atoms with E-state index in [1.54, 1.807) is 12.1 Å². The first-order chi connectivity index (χ1) is 16.3. The van der Waals surface area contributed by atoms with Crippen molar-refractivity contribution in [2.45, 2.75) is 13.5 Å². The summed E-state index contributed by atoms with van der Waals surface area (Å²) in [6, 6.07) is 4.69. The molecule has 0 radical (unpaired) electrons. The Morgan fingerprint density at radius 1 is 1.26 bits per heavy atom. The van der Waals surface area contributed by atoms with E-state index >= 15 is 0 Å². The zero-order valence-electron chi connectivity index (χ0n) is 18.3. The molecule has 4 heterocycles. The van der Waals surface area contributed by atoms with Crippen molar-refractivity contribution in [1.82, 2.24) is 20.5 Å². The Balaban J connectivity index is 1.36. The number of pyridine rings is 1. The van der Waals surface area contributed by atoms with Crippen LogP contribution in [0.2, 0.25) is 10.2 Å². The second-order valence-corrected chi connectivity index (χ2v) is 9.58. The van der Waals surface area contributed by atoms with Crippen molar-refractivity contribution in [3.05, 3.63) is 68.8 Å². The lowest BCUT2D eigenvalue weighted by Crippen LogP contribution is -2.71. The van der Waals surface area contributed by atoms with Gasteiger partial charge in [0, 0.05) is 60.2 Å². The van der Waals surface area contributed by atoms with Crippen molar-refractivity contribution in [3.8, 4) is 5.75 Å². The van der Waals surface area contributed by atoms with E-state index in [4.69, 9.17) is 39.1 Å². The number of nitrogens with two attached hydrogens (primary N) is 1. The standard InChI is InChI=1S/C23H22Cl2FN7O/c1-12-2-18(27)14(4-19(12)34-7-15-16(24)6-31-32-21(15)25)20(28)13-3-17(26)22(30-5-13)33-10-23(11-33)8-29-9-23/h2-6,28-29H,7-11,27H2,1H3. The first kappa shape index (κ1) is 22.8. The van der Waals surface area contributed by atoms with Crippen LogP contribution < -0.4 is 20.7 Å². The zero-order valence-corrected chi connectivity index (χ0v) is 19.8. The van der Waals surface area contributed by atoms with Gasteiger partial charge >= 0.3 is 0 Å². The predicted octanol–water partition coefficient (Wildman–Crippen LogP) is 3.61. The van der Waals surface area contributed by atoms with E-state index < -0.39 is 5.82 Å². The van der Waals surface area contributed by atoms with Crippen LogP contribution in [0.5, 0.6) is 5.75 Å². The van der Waals surface area contributed by atoms with Crippen molar-refractivity contribution >= 4 is 40.4 Å². The summed E-state index contributed by atoms with van der Waals surface area (Å²) in [5.41, 5.74) is 8.87. The molecule has 0 atom stereocenters. The fourth-order valence-corrected chi connectivity index (χ4v) is 4.73. The number of hydrogen-bond donors (Lipinski definition) is 3. The number of aromatic nitrogens is 3. The summed E-state index contributed by atoms with van der Waals surface area (Å²) in [4.78, 5) is 6.24. The number of rotatable bonds is 6. The summed E-state index contributed by atoms with van der Waals surface area (Å²) < 4.78 is 20.8. The molecule has 4 N–H and O–H groups in total. The van der Waals surface area contributed by atoms with Crippen LogP contribution >= 0.6 is 23.2 Å². The van der Waals surface area contributed by atoms with Crippen LogP contribution in [0.15, 0.2) is 30.6 Å². The predicted molar refractivity (Wildman–Crippen MR) is 130 cm³/mol. The van der Waals surface area contributed by atoms with Gasteiger partial charge in [0.25, 0.3) is 0 Å². The SMILES string of the molecule is Cc1cc(N)c(C(=N)c2cnc(N3CC4(CNC4)C3)c(F)c2)cc1OCc1c(Cl)cnnc1Cl. The van der Waals surface area contributed by atoms with Crippen molar-refractivity contribution in [2.75, 3.05) is 36.8 Å². The van der Waals surface area contributed by atoms with Crippen LogP contribution in [0.25, 0.3) is 0 Å². The third-order valence-electron chi connectivity index (χ3n) is 6.30. The monoisotopic (exact) mass is 501 g/mol. The fourth-order valence-electron chi connectivity index (χ4n) is 4.30. The Morgan fingerprint density at radius 2 is 2.03 bits per heavy atom. The van der Waals surface area contributed by atoms with Gasteiger partial charge in [-0.15, -0.1) is 5.10 Å². The van der Waals surface area contributed by atoms with Gasteiger partial charge in [0.05, 0.1) is 16.9 Å². The summed E-state index contributed by atoms with van der Waals surface area (Å²) >= 11 is 12.2. The maximum Gasteiger partial charge on any atom is 0.166 e. The average Bonchev–Trinajstić information content (AvgIpc) is 2.73. The number of ether oxygens (including phenoxy) is 1. The molecule has 0 unspecified atom stereocenters. The quantitative estimate of drug-likeness (QED) is 0.349. The van der Waals surface area contributed by atoms with Crippen molar-refractivity contribution < 1.29 is 9.13 Å². The molecule has 34 heavy (non-hydrogen) atoms. The molecule has 5 rings (SSSR count). The van der Waals surface area contributed by atoms with Crippen LogP contribution in [-0.2, 0) is 6.61 Å². The molecule has 2 aromatic heterocycles. The highest BCUT2D eigenvalue weighted by Gasteiger charge is 2.48. The Labute approximate surface area is 205 Å². The van der Waals surface area contributed by atoms with Gasteiger partial charge in [0.1, 0.15) is 12.4 Å². The van der Waals surface area contributed by atoms with Crippen LogP contribution in [0, 0.1) is 23.6 Å². The summed E-state index contributed by atoms with van der Waals surface area (Å²) in [7, 11) is 0. The van der Waals surface area contributed by atoms with Gasteiger partial charge < -0.3 is 20.7 Å². The van der Waals surface area contributed by atoms with Gasteiger partial charge in [0.2, 0.25) is 0 Å². The van der Waals surface area contributed by atoms with Gasteiger partial charge in [0.15, 0.2) is 16.8 Å². The minimum Gasteiger partial charge on any atom is -0.488 e. The summed E-state index contributed by atoms with van der Waals surface area (Å²) in [6.07, 6.45) is 2.89. The Kier molecular flexibility index (Phi) is 5.79. The zero-order chi connectivity index (χ0) is 24.0. The van der Waals surface area contributed by atoms with Gasteiger partial charge in [-0.05, 0) is 30.7 Å². The van der Waals surface area contributed by atoms with Gasteiger partial charge in [-0.1, -0.05) is 23.2 Å².